The predicted octanol–water partition coefficient (Wildman–Crippen LogP) is 0.290. The summed E-state index contributed by atoms with van der Waals surface area (Å²) >= 11 is 0. The molecule has 132 valence electrons. The van der Waals surface area contributed by atoms with Crippen LogP contribution in [0.4, 0.5) is 4.79 Å². The van der Waals surface area contributed by atoms with Crippen molar-refractivity contribution in [3.63, 3.8) is 0 Å². The van der Waals surface area contributed by atoms with E-state index in [1.165, 1.54) is 17.1 Å². The van der Waals surface area contributed by atoms with Crippen molar-refractivity contribution in [2.24, 2.45) is 0 Å². The Balaban J connectivity index is 1.41. The highest BCUT2D eigenvalue weighted by atomic mass is 32.2. The Labute approximate surface area is 139 Å². The topological polar surface area (TPSA) is 73.0 Å². The Morgan fingerprint density at radius 2 is 1.61 bits per heavy atom. The Hall–Kier alpha value is -0.860. The van der Waals surface area contributed by atoms with E-state index in [1.54, 1.807) is 11.8 Å². The van der Waals surface area contributed by atoms with Gasteiger partial charge in [-0.1, -0.05) is 0 Å². The second-order valence-electron chi connectivity index (χ2n) is 6.78. The first-order valence-electron chi connectivity index (χ1n) is 8.77. The van der Waals surface area contributed by atoms with E-state index in [1.807, 2.05) is 0 Å². The lowest BCUT2D eigenvalue weighted by Gasteiger charge is -2.36. The first-order valence-corrected chi connectivity index (χ1v) is 10.4. The lowest BCUT2D eigenvalue weighted by Crippen LogP contribution is -2.55. The summed E-state index contributed by atoms with van der Waals surface area (Å²) in [5.74, 6) is 0.124. The molecule has 2 heterocycles. The molecule has 2 aliphatic heterocycles. The third-order valence-electron chi connectivity index (χ3n) is 5.20. The Morgan fingerprint density at radius 1 is 1.00 bits per heavy atom. The second-order valence-corrected chi connectivity index (χ2v) is 9.04. The summed E-state index contributed by atoms with van der Waals surface area (Å²) in [6, 6.07) is 1.03. The minimum absolute atomic E-state index is 0.0385. The van der Waals surface area contributed by atoms with Crippen LogP contribution in [-0.4, -0.2) is 85.7 Å². The van der Waals surface area contributed by atoms with E-state index in [9.17, 15) is 13.2 Å². The smallest absolute Gasteiger partial charge is 0.317 e. The van der Waals surface area contributed by atoms with Gasteiger partial charge in [0.05, 0.1) is 5.75 Å². The lowest BCUT2D eigenvalue weighted by atomic mass is 10.1. The molecule has 0 aromatic heterocycles. The van der Waals surface area contributed by atoms with E-state index in [-0.39, 0.29) is 17.8 Å². The van der Waals surface area contributed by atoms with Gasteiger partial charge in [-0.05, 0) is 32.6 Å². The molecule has 0 spiro atoms. The summed E-state index contributed by atoms with van der Waals surface area (Å²) in [4.78, 5) is 16.6. The highest BCUT2D eigenvalue weighted by Gasteiger charge is 2.33. The van der Waals surface area contributed by atoms with Gasteiger partial charge in [0.25, 0.3) is 0 Å². The molecule has 0 atom stereocenters. The SMILES string of the molecule is CCS(=O)(=O)N1CCN(C(=O)NC2CCN(C3CC3)CC2)CC1. The fourth-order valence-corrected chi connectivity index (χ4v) is 4.55. The van der Waals surface area contributed by atoms with Crippen LogP contribution in [0.1, 0.15) is 32.6 Å². The third kappa shape index (κ3) is 4.16. The van der Waals surface area contributed by atoms with E-state index in [4.69, 9.17) is 0 Å². The van der Waals surface area contributed by atoms with E-state index in [0.29, 0.717) is 26.2 Å². The molecule has 3 rings (SSSR count). The number of carbonyl (C=O) groups is 1. The molecule has 1 aliphatic carbocycles. The van der Waals surface area contributed by atoms with Crippen LogP contribution in [-0.2, 0) is 10.0 Å². The molecule has 8 heteroatoms. The molecule has 0 aromatic carbocycles. The maximum Gasteiger partial charge on any atom is 0.317 e. The summed E-state index contributed by atoms with van der Waals surface area (Å²) < 4.78 is 25.2. The number of piperazine rings is 1. The molecule has 1 N–H and O–H groups in total. The summed E-state index contributed by atoms with van der Waals surface area (Å²) in [6.45, 7) is 5.59. The maximum absolute atomic E-state index is 12.4. The van der Waals surface area contributed by atoms with Crippen molar-refractivity contribution >= 4 is 16.1 Å². The standard InChI is InChI=1S/C15H28N4O3S/c1-2-23(21,22)19-11-9-18(10-12-19)15(20)16-13-5-7-17(8-6-13)14-3-4-14/h13-14H,2-12H2,1H3,(H,16,20). The number of piperidine rings is 1. The van der Waals surface area contributed by atoms with Gasteiger partial charge in [-0.3, -0.25) is 0 Å². The molecular formula is C15H28N4O3S. The van der Waals surface area contributed by atoms with Crippen molar-refractivity contribution in [2.75, 3.05) is 45.0 Å². The number of likely N-dealkylation sites (tertiary alicyclic amines) is 1. The van der Waals surface area contributed by atoms with Crippen molar-refractivity contribution in [3.8, 4) is 0 Å². The van der Waals surface area contributed by atoms with Gasteiger partial charge < -0.3 is 15.1 Å². The maximum atomic E-state index is 12.4. The first-order chi connectivity index (χ1) is 11.0. The van der Waals surface area contributed by atoms with E-state index in [0.717, 1.165) is 32.0 Å². The van der Waals surface area contributed by atoms with Crippen molar-refractivity contribution in [2.45, 2.75) is 44.7 Å². The molecule has 0 radical (unpaired) electrons. The quantitative estimate of drug-likeness (QED) is 0.796. The number of hydrogen-bond donors (Lipinski definition) is 1. The zero-order chi connectivity index (χ0) is 16.4. The van der Waals surface area contributed by atoms with Crippen LogP contribution in [0.3, 0.4) is 0 Å². The number of rotatable bonds is 4. The lowest BCUT2D eigenvalue weighted by molar-refractivity contribution is 0.154. The van der Waals surface area contributed by atoms with E-state index < -0.39 is 10.0 Å². The van der Waals surface area contributed by atoms with Crippen LogP contribution >= 0.6 is 0 Å². The number of carbonyl (C=O) groups excluding carboxylic acids is 1. The minimum Gasteiger partial charge on any atom is -0.335 e. The summed E-state index contributed by atoms with van der Waals surface area (Å²) in [7, 11) is -3.14. The second kappa shape index (κ2) is 6.94. The molecule has 3 fully saturated rings. The third-order valence-corrected chi connectivity index (χ3v) is 7.09. The van der Waals surface area contributed by atoms with Crippen LogP contribution in [0, 0.1) is 0 Å². The fraction of sp³-hybridized carbons (Fsp3) is 0.933. The van der Waals surface area contributed by atoms with Crippen LogP contribution in [0.2, 0.25) is 0 Å². The Kier molecular flexibility index (Phi) is 5.13. The monoisotopic (exact) mass is 344 g/mol. The number of urea groups is 1. The molecule has 3 aliphatic rings. The summed E-state index contributed by atoms with van der Waals surface area (Å²) in [5.41, 5.74) is 0. The number of hydrogen-bond acceptors (Lipinski definition) is 4. The van der Waals surface area contributed by atoms with Gasteiger partial charge in [-0.2, -0.15) is 4.31 Å². The molecule has 7 nitrogen and oxygen atoms in total. The molecule has 23 heavy (non-hydrogen) atoms. The van der Waals surface area contributed by atoms with Crippen LogP contribution < -0.4 is 5.32 Å². The number of nitrogens with one attached hydrogen (secondary N) is 1. The molecule has 2 amide bonds. The zero-order valence-corrected chi connectivity index (χ0v) is 14.7. The molecule has 1 saturated carbocycles. The van der Waals surface area contributed by atoms with Gasteiger partial charge >= 0.3 is 6.03 Å². The summed E-state index contributed by atoms with van der Waals surface area (Å²) in [5, 5.41) is 3.13. The normalized spacial score (nSPS) is 25.5. The van der Waals surface area contributed by atoms with E-state index in [2.05, 4.69) is 10.2 Å². The average molecular weight is 344 g/mol. The first kappa shape index (κ1) is 17.0. The van der Waals surface area contributed by atoms with Gasteiger partial charge in [0.2, 0.25) is 10.0 Å². The molecule has 0 aromatic rings. The van der Waals surface area contributed by atoms with Crippen LogP contribution in [0.15, 0.2) is 0 Å². The van der Waals surface area contributed by atoms with Crippen molar-refractivity contribution in [1.82, 2.24) is 19.4 Å². The number of sulfonamides is 1. The number of nitrogens with zero attached hydrogens (tertiary/aromatic N) is 3. The molecule has 0 bridgehead atoms. The van der Waals surface area contributed by atoms with Crippen LogP contribution in [0.25, 0.3) is 0 Å². The predicted molar refractivity (Wildman–Crippen MR) is 88.8 cm³/mol. The van der Waals surface area contributed by atoms with Gasteiger partial charge in [0.15, 0.2) is 0 Å². The van der Waals surface area contributed by atoms with Gasteiger partial charge in [0, 0.05) is 51.4 Å². The summed E-state index contributed by atoms with van der Waals surface area (Å²) in [6.07, 6.45) is 4.71. The van der Waals surface area contributed by atoms with Gasteiger partial charge in [-0.15, -0.1) is 0 Å². The molecule has 2 saturated heterocycles. The van der Waals surface area contributed by atoms with Gasteiger partial charge in [-0.25, -0.2) is 13.2 Å². The van der Waals surface area contributed by atoms with Crippen molar-refractivity contribution in [3.05, 3.63) is 0 Å². The van der Waals surface area contributed by atoms with Crippen molar-refractivity contribution in [1.29, 1.82) is 0 Å². The average Bonchev–Trinajstić information content (AvgIpc) is 3.40. The van der Waals surface area contributed by atoms with Gasteiger partial charge in [0.1, 0.15) is 0 Å². The molecule has 0 unspecified atom stereocenters. The highest BCUT2D eigenvalue weighted by molar-refractivity contribution is 7.89. The minimum atomic E-state index is -3.14. The highest BCUT2D eigenvalue weighted by Crippen LogP contribution is 2.29. The fourth-order valence-electron chi connectivity index (χ4n) is 3.47. The molecular weight excluding hydrogens is 316 g/mol. The Bertz CT molecular complexity index is 519. The van der Waals surface area contributed by atoms with E-state index >= 15 is 0 Å². The van der Waals surface area contributed by atoms with Crippen LogP contribution in [0.5, 0.6) is 0 Å². The van der Waals surface area contributed by atoms with Crippen molar-refractivity contribution < 1.29 is 13.2 Å². The zero-order valence-electron chi connectivity index (χ0n) is 13.9. The largest absolute Gasteiger partial charge is 0.335 e. The number of amides is 2. The Morgan fingerprint density at radius 3 is 2.13 bits per heavy atom.